The van der Waals surface area contributed by atoms with Crippen LogP contribution in [0.2, 0.25) is 0 Å². The fourth-order valence-corrected chi connectivity index (χ4v) is 7.34. The number of hydrogen-bond acceptors (Lipinski definition) is 6. The Labute approximate surface area is 213 Å². The summed E-state index contributed by atoms with van der Waals surface area (Å²) in [6.07, 6.45) is 5.91. The number of fused-ring (bicyclic) bond motifs is 5. The first-order valence-electron chi connectivity index (χ1n) is 12.6. The fraction of sp³-hybridized carbons (Fsp3) is 0.310. The summed E-state index contributed by atoms with van der Waals surface area (Å²) >= 11 is 1.80. The van der Waals surface area contributed by atoms with Crippen LogP contribution in [0.15, 0.2) is 54.9 Å². The minimum absolute atomic E-state index is 0.174. The van der Waals surface area contributed by atoms with Crippen LogP contribution in [0, 0.1) is 5.92 Å². The Morgan fingerprint density at radius 3 is 2.53 bits per heavy atom. The molecule has 2 atom stereocenters. The second kappa shape index (κ2) is 8.23. The van der Waals surface area contributed by atoms with Crippen LogP contribution in [0.5, 0.6) is 0 Å². The fourth-order valence-electron chi connectivity index (χ4n) is 6.16. The van der Waals surface area contributed by atoms with E-state index in [0.717, 1.165) is 47.4 Å². The molecule has 4 aromatic rings. The van der Waals surface area contributed by atoms with E-state index in [1.165, 1.54) is 27.3 Å². The number of carbonyl (C=O) groups excluding carboxylic acids is 2. The molecule has 0 saturated heterocycles. The van der Waals surface area contributed by atoms with Crippen molar-refractivity contribution in [1.82, 2.24) is 14.9 Å². The van der Waals surface area contributed by atoms with Gasteiger partial charge in [0.25, 0.3) is 11.8 Å². The third kappa shape index (κ3) is 3.22. The number of amides is 2. The lowest BCUT2D eigenvalue weighted by atomic mass is 9.88. The summed E-state index contributed by atoms with van der Waals surface area (Å²) in [6, 6.07) is 15.3. The summed E-state index contributed by atoms with van der Waals surface area (Å²) in [5.41, 5.74) is 4.79. The van der Waals surface area contributed by atoms with Crippen molar-refractivity contribution in [3.05, 3.63) is 87.6 Å². The van der Waals surface area contributed by atoms with E-state index in [2.05, 4.69) is 35.0 Å². The number of rotatable bonds is 3. The summed E-state index contributed by atoms with van der Waals surface area (Å²) in [5.74, 6) is 1.14. The standard InChI is InChI=1S/C29H26N4O2S/c1-17-10-11-24-22(14-17)25-26(30-16-31-27(25)36-24)32-13-12-18-6-2-3-7-19(18)23(32)15-33-28(34)20-8-4-5-9-21(20)29(33)35/h2-9,16-17,23H,10-15H2,1H3. The van der Waals surface area contributed by atoms with E-state index in [0.29, 0.717) is 17.0 Å². The van der Waals surface area contributed by atoms with Crippen LogP contribution in [0.4, 0.5) is 5.82 Å². The first-order valence-corrected chi connectivity index (χ1v) is 13.5. The summed E-state index contributed by atoms with van der Waals surface area (Å²) in [4.78, 5) is 42.3. The molecule has 6 nitrogen and oxygen atoms in total. The Morgan fingerprint density at radius 2 is 1.72 bits per heavy atom. The number of imide groups is 1. The lowest BCUT2D eigenvalue weighted by Gasteiger charge is -2.40. The molecule has 1 aliphatic carbocycles. The first kappa shape index (κ1) is 21.7. The van der Waals surface area contributed by atoms with Gasteiger partial charge in [-0.3, -0.25) is 14.5 Å². The molecule has 2 unspecified atom stereocenters. The highest BCUT2D eigenvalue weighted by atomic mass is 32.1. The van der Waals surface area contributed by atoms with Crippen molar-refractivity contribution in [3.8, 4) is 0 Å². The summed E-state index contributed by atoms with van der Waals surface area (Å²) in [6.45, 7) is 3.38. The van der Waals surface area contributed by atoms with E-state index < -0.39 is 0 Å². The van der Waals surface area contributed by atoms with Gasteiger partial charge >= 0.3 is 0 Å². The highest BCUT2D eigenvalue weighted by molar-refractivity contribution is 7.19. The van der Waals surface area contributed by atoms with Crippen LogP contribution in [0.25, 0.3) is 10.2 Å². The minimum atomic E-state index is -0.215. The van der Waals surface area contributed by atoms with Crippen molar-refractivity contribution < 1.29 is 9.59 Å². The molecule has 180 valence electrons. The number of thiophene rings is 1. The Kier molecular flexibility index (Phi) is 4.96. The number of nitrogens with zero attached hydrogens (tertiary/aromatic N) is 4. The zero-order valence-electron chi connectivity index (χ0n) is 20.1. The SMILES string of the molecule is CC1CCc2sc3ncnc(N4CCc5ccccc5C4CN4C(=O)c5ccccc5C4=O)c3c2C1. The second-order valence-electron chi connectivity index (χ2n) is 10.2. The van der Waals surface area contributed by atoms with E-state index in [4.69, 9.17) is 4.98 Å². The van der Waals surface area contributed by atoms with Gasteiger partial charge in [-0.15, -0.1) is 11.3 Å². The predicted octanol–water partition coefficient (Wildman–Crippen LogP) is 5.22. The summed E-state index contributed by atoms with van der Waals surface area (Å²) in [5, 5.41) is 1.16. The van der Waals surface area contributed by atoms with E-state index >= 15 is 0 Å². The van der Waals surface area contributed by atoms with Gasteiger partial charge in [0, 0.05) is 11.4 Å². The zero-order chi connectivity index (χ0) is 24.4. The zero-order valence-corrected chi connectivity index (χ0v) is 20.9. The Hall–Kier alpha value is -3.58. The molecule has 0 saturated carbocycles. The van der Waals surface area contributed by atoms with E-state index in [1.807, 2.05) is 18.2 Å². The van der Waals surface area contributed by atoms with Gasteiger partial charge < -0.3 is 4.90 Å². The maximum atomic E-state index is 13.3. The number of hydrogen-bond donors (Lipinski definition) is 0. The van der Waals surface area contributed by atoms with Crippen molar-refractivity contribution in [1.29, 1.82) is 0 Å². The summed E-state index contributed by atoms with van der Waals surface area (Å²) < 4.78 is 0. The molecule has 0 radical (unpaired) electrons. The quantitative estimate of drug-likeness (QED) is 0.366. The lowest BCUT2D eigenvalue weighted by Crippen LogP contribution is -2.44. The molecule has 2 aliphatic heterocycles. The topological polar surface area (TPSA) is 66.4 Å². The maximum absolute atomic E-state index is 13.3. The number of aryl methyl sites for hydroxylation is 1. The molecule has 36 heavy (non-hydrogen) atoms. The van der Waals surface area contributed by atoms with E-state index in [1.54, 1.807) is 29.8 Å². The van der Waals surface area contributed by atoms with Crippen LogP contribution >= 0.6 is 11.3 Å². The molecule has 7 rings (SSSR count). The molecule has 2 amide bonds. The Balaban J connectivity index is 1.35. The Bertz CT molecular complexity index is 1510. The minimum Gasteiger partial charge on any atom is -0.347 e. The van der Waals surface area contributed by atoms with Crippen LogP contribution in [-0.2, 0) is 19.3 Å². The molecule has 3 aliphatic rings. The van der Waals surface area contributed by atoms with Gasteiger partial charge in [-0.25, -0.2) is 9.97 Å². The molecule has 4 heterocycles. The number of aromatic nitrogens is 2. The van der Waals surface area contributed by atoms with Gasteiger partial charge in [0.1, 0.15) is 17.0 Å². The predicted molar refractivity (Wildman–Crippen MR) is 141 cm³/mol. The second-order valence-corrected chi connectivity index (χ2v) is 11.2. The molecular formula is C29H26N4O2S. The smallest absolute Gasteiger partial charge is 0.261 e. The van der Waals surface area contributed by atoms with Crippen LogP contribution in [0.3, 0.4) is 0 Å². The third-order valence-electron chi connectivity index (χ3n) is 7.99. The van der Waals surface area contributed by atoms with Gasteiger partial charge in [-0.05, 0) is 60.4 Å². The van der Waals surface area contributed by atoms with E-state index in [-0.39, 0.29) is 24.4 Å². The average molecular weight is 495 g/mol. The van der Waals surface area contributed by atoms with Crippen molar-refractivity contribution in [2.75, 3.05) is 18.0 Å². The average Bonchev–Trinajstić information content (AvgIpc) is 3.39. The lowest BCUT2D eigenvalue weighted by molar-refractivity contribution is 0.0642. The molecule has 7 heteroatoms. The number of anilines is 1. The Morgan fingerprint density at radius 1 is 0.972 bits per heavy atom. The van der Waals surface area contributed by atoms with Gasteiger partial charge in [-0.1, -0.05) is 43.3 Å². The monoisotopic (exact) mass is 494 g/mol. The molecule has 2 aromatic carbocycles. The highest BCUT2D eigenvalue weighted by Gasteiger charge is 2.40. The molecule has 0 spiro atoms. The van der Waals surface area contributed by atoms with Crippen molar-refractivity contribution >= 4 is 39.2 Å². The van der Waals surface area contributed by atoms with Gasteiger partial charge in [0.05, 0.1) is 29.1 Å². The molecule has 0 bridgehead atoms. The van der Waals surface area contributed by atoms with Gasteiger partial charge in [0.2, 0.25) is 0 Å². The molecule has 2 aromatic heterocycles. The number of benzene rings is 2. The normalized spacial score (nSPS) is 21.0. The van der Waals surface area contributed by atoms with Gasteiger partial charge in [0.15, 0.2) is 0 Å². The molecule has 0 N–H and O–H groups in total. The van der Waals surface area contributed by atoms with Crippen molar-refractivity contribution in [2.24, 2.45) is 5.92 Å². The van der Waals surface area contributed by atoms with Crippen LogP contribution < -0.4 is 4.90 Å². The number of carbonyl (C=O) groups is 2. The van der Waals surface area contributed by atoms with Crippen molar-refractivity contribution in [2.45, 2.75) is 38.6 Å². The molecule has 0 fully saturated rings. The van der Waals surface area contributed by atoms with Crippen LogP contribution in [-0.4, -0.2) is 39.8 Å². The van der Waals surface area contributed by atoms with E-state index in [9.17, 15) is 9.59 Å². The summed E-state index contributed by atoms with van der Waals surface area (Å²) in [7, 11) is 0. The largest absolute Gasteiger partial charge is 0.347 e. The highest BCUT2D eigenvalue weighted by Crippen LogP contribution is 2.44. The van der Waals surface area contributed by atoms with Crippen LogP contribution in [0.1, 0.15) is 61.7 Å². The van der Waals surface area contributed by atoms with Crippen molar-refractivity contribution in [3.63, 3.8) is 0 Å². The molecular weight excluding hydrogens is 468 g/mol. The first-order chi connectivity index (χ1) is 17.6. The third-order valence-corrected chi connectivity index (χ3v) is 9.19. The maximum Gasteiger partial charge on any atom is 0.261 e. The van der Waals surface area contributed by atoms with Gasteiger partial charge in [-0.2, -0.15) is 0 Å².